The normalized spacial score (nSPS) is 11.7. The Bertz CT molecular complexity index is 485. The third-order valence-corrected chi connectivity index (χ3v) is 3.96. The molecule has 0 amide bonds. The van der Waals surface area contributed by atoms with E-state index < -0.39 is 26.6 Å². The van der Waals surface area contributed by atoms with Gasteiger partial charge in [0.2, 0.25) is 10.0 Å². The molecule has 0 heterocycles. The molecule has 1 rings (SSSR count). The van der Waals surface area contributed by atoms with Gasteiger partial charge in [-0.25, -0.2) is 21.9 Å². The zero-order chi connectivity index (χ0) is 14.3. The number of halogens is 2. The lowest BCUT2D eigenvalue weighted by Gasteiger charge is -2.07. The summed E-state index contributed by atoms with van der Waals surface area (Å²) in [5.74, 6) is -1.85. The maximum atomic E-state index is 12.9. The Hall–Kier alpha value is -1.05. The zero-order valence-corrected chi connectivity index (χ0v) is 11.2. The Kier molecular flexibility index (Phi) is 6.33. The summed E-state index contributed by atoms with van der Waals surface area (Å²) in [6, 6.07) is 2.17. The summed E-state index contributed by atoms with van der Waals surface area (Å²) in [4.78, 5) is -0.416. The van der Waals surface area contributed by atoms with Crippen LogP contribution < -0.4 is 4.72 Å². The van der Waals surface area contributed by atoms with Gasteiger partial charge in [-0.05, 0) is 25.0 Å². The number of sulfonamides is 1. The summed E-state index contributed by atoms with van der Waals surface area (Å²) in [5.41, 5.74) is 0. The lowest BCUT2D eigenvalue weighted by Crippen LogP contribution is -2.25. The lowest BCUT2D eigenvalue weighted by molar-refractivity contribution is 0.282. The summed E-state index contributed by atoms with van der Waals surface area (Å²) < 4.78 is 51.6. The van der Waals surface area contributed by atoms with Crippen LogP contribution in [0.25, 0.3) is 0 Å². The van der Waals surface area contributed by atoms with Crippen LogP contribution in [0, 0.1) is 11.6 Å². The molecule has 0 aromatic heterocycles. The molecule has 0 unspecified atom stereocenters. The topological polar surface area (TPSA) is 66.4 Å². The number of hydrogen-bond donors (Lipinski definition) is 2. The van der Waals surface area contributed by atoms with E-state index >= 15 is 0 Å². The van der Waals surface area contributed by atoms with E-state index in [1.807, 2.05) is 0 Å². The SMILES string of the molecule is O=S(=O)(NCCCCCCO)c1cc(F)cc(F)c1. The van der Waals surface area contributed by atoms with Crippen molar-refractivity contribution < 1.29 is 22.3 Å². The van der Waals surface area contributed by atoms with E-state index in [1.165, 1.54) is 0 Å². The van der Waals surface area contributed by atoms with Gasteiger partial charge in [-0.1, -0.05) is 12.8 Å². The van der Waals surface area contributed by atoms with Crippen LogP contribution >= 0.6 is 0 Å². The molecular formula is C12H17F2NO3S. The van der Waals surface area contributed by atoms with E-state index in [2.05, 4.69) is 4.72 Å². The van der Waals surface area contributed by atoms with Crippen molar-refractivity contribution in [3.05, 3.63) is 29.8 Å². The lowest BCUT2D eigenvalue weighted by atomic mass is 10.2. The van der Waals surface area contributed by atoms with Crippen LogP contribution in [0.2, 0.25) is 0 Å². The molecule has 0 aliphatic carbocycles. The molecule has 7 heteroatoms. The van der Waals surface area contributed by atoms with Gasteiger partial charge in [0.05, 0.1) is 4.90 Å². The first-order valence-electron chi connectivity index (χ1n) is 6.02. The van der Waals surface area contributed by atoms with E-state index in [0.717, 1.165) is 25.0 Å². The van der Waals surface area contributed by atoms with Crippen LogP contribution in [0.15, 0.2) is 23.1 Å². The summed E-state index contributed by atoms with van der Waals surface area (Å²) >= 11 is 0. The Morgan fingerprint density at radius 3 is 2.16 bits per heavy atom. The van der Waals surface area contributed by atoms with Crippen molar-refractivity contribution in [2.24, 2.45) is 0 Å². The molecule has 1 aromatic rings. The highest BCUT2D eigenvalue weighted by Crippen LogP contribution is 2.13. The average molecular weight is 293 g/mol. The van der Waals surface area contributed by atoms with Gasteiger partial charge >= 0.3 is 0 Å². The van der Waals surface area contributed by atoms with Crippen LogP contribution in [0.3, 0.4) is 0 Å². The second-order valence-electron chi connectivity index (χ2n) is 4.14. The number of rotatable bonds is 8. The van der Waals surface area contributed by atoms with Gasteiger partial charge < -0.3 is 5.11 Å². The third-order valence-electron chi connectivity index (χ3n) is 2.52. The van der Waals surface area contributed by atoms with Crippen LogP contribution in [-0.4, -0.2) is 26.7 Å². The largest absolute Gasteiger partial charge is 0.396 e. The molecule has 0 bridgehead atoms. The second kappa shape index (κ2) is 7.52. The molecule has 0 saturated heterocycles. The Balaban J connectivity index is 2.51. The van der Waals surface area contributed by atoms with E-state index in [4.69, 9.17) is 5.11 Å². The molecule has 108 valence electrons. The molecular weight excluding hydrogens is 276 g/mol. The van der Waals surface area contributed by atoms with Crippen LogP contribution in [-0.2, 0) is 10.0 Å². The molecule has 2 N–H and O–H groups in total. The highest BCUT2D eigenvalue weighted by molar-refractivity contribution is 7.89. The minimum Gasteiger partial charge on any atom is -0.396 e. The van der Waals surface area contributed by atoms with Gasteiger partial charge in [-0.3, -0.25) is 0 Å². The van der Waals surface area contributed by atoms with Crippen LogP contribution in [0.5, 0.6) is 0 Å². The molecule has 0 saturated carbocycles. The number of hydrogen-bond acceptors (Lipinski definition) is 3. The molecule has 1 aromatic carbocycles. The summed E-state index contributed by atoms with van der Waals surface area (Å²) in [5, 5.41) is 8.57. The molecule has 0 aliphatic heterocycles. The quantitative estimate of drug-likeness (QED) is 0.718. The van der Waals surface area contributed by atoms with Gasteiger partial charge in [-0.2, -0.15) is 0 Å². The number of unbranched alkanes of at least 4 members (excludes halogenated alkanes) is 3. The minimum absolute atomic E-state index is 0.119. The van der Waals surface area contributed by atoms with Crippen LogP contribution in [0.1, 0.15) is 25.7 Å². The smallest absolute Gasteiger partial charge is 0.240 e. The van der Waals surface area contributed by atoms with Crippen molar-refractivity contribution >= 4 is 10.0 Å². The third kappa shape index (κ3) is 5.63. The predicted molar refractivity (Wildman–Crippen MR) is 67.1 cm³/mol. The van der Waals surface area contributed by atoms with Crippen molar-refractivity contribution in [3.8, 4) is 0 Å². The zero-order valence-electron chi connectivity index (χ0n) is 10.4. The first kappa shape index (κ1) is 16.0. The average Bonchev–Trinajstić information content (AvgIpc) is 2.32. The van der Waals surface area contributed by atoms with E-state index in [9.17, 15) is 17.2 Å². The van der Waals surface area contributed by atoms with Gasteiger partial charge in [0.15, 0.2) is 0 Å². The van der Waals surface area contributed by atoms with Crippen molar-refractivity contribution in [3.63, 3.8) is 0 Å². The molecule has 0 aliphatic rings. The van der Waals surface area contributed by atoms with Crippen molar-refractivity contribution in [1.29, 1.82) is 0 Å². The first-order chi connectivity index (χ1) is 8.95. The molecule has 0 atom stereocenters. The summed E-state index contributed by atoms with van der Waals surface area (Å²) in [7, 11) is -3.88. The van der Waals surface area contributed by atoms with E-state index in [1.54, 1.807) is 0 Å². The van der Waals surface area contributed by atoms with Gasteiger partial charge in [-0.15, -0.1) is 0 Å². The number of benzene rings is 1. The van der Waals surface area contributed by atoms with E-state index in [0.29, 0.717) is 18.9 Å². The molecule has 0 spiro atoms. The standard InChI is InChI=1S/C12H17F2NO3S/c13-10-7-11(14)9-12(8-10)19(17,18)15-5-3-1-2-4-6-16/h7-9,15-16H,1-6H2. The van der Waals surface area contributed by atoms with Crippen molar-refractivity contribution in [1.82, 2.24) is 4.72 Å². The molecule has 0 radical (unpaired) electrons. The summed E-state index contributed by atoms with van der Waals surface area (Å²) in [6.07, 6.45) is 2.88. The number of aliphatic hydroxyl groups excluding tert-OH is 1. The van der Waals surface area contributed by atoms with Crippen molar-refractivity contribution in [2.75, 3.05) is 13.2 Å². The first-order valence-corrected chi connectivity index (χ1v) is 7.50. The fourth-order valence-electron chi connectivity index (χ4n) is 1.56. The predicted octanol–water partition coefficient (Wildman–Crippen LogP) is 1.80. The Morgan fingerprint density at radius 2 is 1.58 bits per heavy atom. The van der Waals surface area contributed by atoms with Gasteiger partial charge in [0, 0.05) is 19.2 Å². The maximum Gasteiger partial charge on any atom is 0.240 e. The molecule has 0 fully saturated rings. The minimum atomic E-state index is -3.88. The van der Waals surface area contributed by atoms with Crippen molar-refractivity contribution in [2.45, 2.75) is 30.6 Å². The molecule has 4 nitrogen and oxygen atoms in total. The van der Waals surface area contributed by atoms with Crippen LogP contribution in [0.4, 0.5) is 8.78 Å². The highest BCUT2D eigenvalue weighted by atomic mass is 32.2. The maximum absolute atomic E-state index is 12.9. The van der Waals surface area contributed by atoms with Gasteiger partial charge in [0.25, 0.3) is 0 Å². The Morgan fingerprint density at radius 1 is 1.00 bits per heavy atom. The van der Waals surface area contributed by atoms with Gasteiger partial charge in [0.1, 0.15) is 11.6 Å². The number of nitrogens with one attached hydrogen (secondary N) is 1. The molecule has 19 heavy (non-hydrogen) atoms. The fraction of sp³-hybridized carbons (Fsp3) is 0.500. The highest BCUT2D eigenvalue weighted by Gasteiger charge is 2.15. The second-order valence-corrected chi connectivity index (χ2v) is 5.91. The summed E-state index contributed by atoms with van der Waals surface area (Å²) in [6.45, 7) is 0.320. The Labute approximate surface area is 111 Å². The fourth-order valence-corrected chi connectivity index (χ4v) is 2.68. The van der Waals surface area contributed by atoms with E-state index in [-0.39, 0.29) is 13.2 Å². The monoisotopic (exact) mass is 293 g/mol. The number of aliphatic hydroxyl groups is 1.